The number of rotatable bonds is 12. The van der Waals surface area contributed by atoms with Crippen molar-refractivity contribution in [3.8, 4) is 5.75 Å². The lowest BCUT2D eigenvalue weighted by molar-refractivity contribution is -0.116. The number of nitrogens with zero attached hydrogens (tertiary/aromatic N) is 3. The summed E-state index contributed by atoms with van der Waals surface area (Å²) in [6, 6.07) is 17.4. The van der Waals surface area contributed by atoms with Crippen LogP contribution >= 0.6 is 0 Å². The first-order chi connectivity index (χ1) is 13.3. The molecule has 6 nitrogen and oxygen atoms in total. The largest absolute Gasteiger partial charge is 0.489 e. The molecule has 142 valence electrons. The first kappa shape index (κ1) is 20.3. The maximum atomic E-state index is 12.0. The quantitative estimate of drug-likeness (QED) is 0.221. The van der Waals surface area contributed by atoms with E-state index < -0.39 is 0 Å². The molecular weight excluding hydrogens is 340 g/mol. The third-order valence-corrected chi connectivity index (χ3v) is 4.11. The lowest BCUT2D eigenvalue weighted by Crippen LogP contribution is -2.10. The van der Waals surface area contributed by atoms with E-state index in [4.69, 9.17) is 10.3 Å². The minimum atomic E-state index is 0.0297. The van der Waals surface area contributed by atoms with E-state index in [2.05, 4.69) is 15.3 Å². The molecule has 0 bridgehead atoms. The number of azide groups is 1. The van der Waals surface area contributed by atoms with Gasteiger partial charge in [-0.15, -0.1) is 0 Å². The van der Waals surface area contributed by atoms with Crippen LogP contribution in [0.25, 0.3) is 10.4 Å². The molecule has 1 amide bonds. The van der Waals surface area contributed by atoms with E-state index in [1.807, 2.05) is 54.6 Å². The molecule has 2 rings (SSSR count). The van der Waals surface area contributed by atoms with E-state index in [0.29, 0.717) is 19.6 Å². The summed E-state index contributed by atoms with van der Waals surface area (Å²) >= 11 is 0. The molecule has 0 aromatic heterocycles. The topological polar surface area (TPSA) is 87.1 Å². The van der Waals surface area contributed by atoms with E-state index in [0.717, 1.165) is 49.1 Å². The van der Waals surface area contributed by atoms with Crippen LogP contribution in [0.15, 0.2) is 59.7 Å². The molecule has 0 aliphatic heterocycles. The summed E-state index contributed by atoms with van der Waals surface area (Å²) in [4.78, 5) is 14.7. The highest BCUT2D eigenvalue weighted by atomic mass is 16.5. The predicted molar refractivity (Wildman–Crippen MR) is 108 cm³/mol. The highest BCUT2D eigenvalue weighted by molar-refractivity contribution is 5.90. The maximum absolute atomic E-state index is 12.0. The normalized spacial score (nSPS) is 10.1. The highest BCUT2D eigenvalue weighted by Crippen LogP contribution is 2.17. The Hall–Kier alpha value is -2.98. The van der Waals surface area contributed by atoms with Crippen molar-refractivity contribution in [2.45, 2.75) is 45.1 Å². The number of ether oxygens (including phenoxy) is 1. The lowest BCUT2D eigenvalue weighted by atomic mass is 10.1. The van der Waals surface area contributed by atoms with Crippen molar-refractivity contribution in [2.75, 3.05) is 11.9 Å². The summed E-state index contributed by atoms with van der Waals surface area (Å²) in [7, 11) is 0. The third kappa shape index (κ3) is 8.79. The molecule has 0 fully saturated rings. The van der Waals surface area contributed by atoms with Gasteiger partial charge in [-0.05, 0) is 48.2 Å². The molecule has 2 aromatic carbocycles. The molecule has 6 heteroatoms. The second-order valence-corrected chi connectivity index (χ2v) is 6.32. The monoisotopic (exact) mass is 366 g/mol. The molecule has 0 spiro atoms. The average Bonchev–Trinajstić information content (AvgIpc) is 2.70. The summed E-state index contributed by atoms with van der Waals surface area (Å²) in [6.07, 6.45) is 5.39. The smallest absolute Gasteiger partial charge is 0.224 e. The number of amides is 1. The van der Waals surface area contributed by atoms with Gasteiger partial charge in [-0.1, -0.05) is 54.7 Å². The lowest BCUT2D eigenvalue weighted by Gasteiger charge is -2.08. The summed E-state index contributed by atoms with van der Waals surface area (Å²) < 4.78 is 5.74. The fraction of sp³-hybridized carbons (Fsp3) is 0.381. The Balaban J connectivity index is 1.61. The molecule has 0 atom stereocenters. The first-order valence-corrected chi connectivity index (χ1v) is 9.35. The first-order valence-electron chi connectivity index (χ1n) is 9.35. The second kappa shape index (κ2) is 12.4. The van der Waals surface area contributed by atoms with Gasteiger partial charge in [-0.25, -0.2) is 0 Å². The van der Waals surface area contributed by atoms with Crippen LogP contribution in [0.5, 0.6) is 5.75 Å². The zero-order valence-electron chi connectivity index (χ0n) is 15.5. The second-order valence-electron chi connectivity index (χ2n) is 6.32. The van der Waals surface area contributed by atoms with Gasteiger partial charge >= 0.3 is 0 Å². The summed E-state index contributed by atoms with van der Waals surface area (Å²) in [6.45, 7) is 1.08. The molecule has 27 heavy (non-hydrogen) atoms. The van der Waals surface area contributed by atoms with Crippen molar-refractivity contribution in [1.29, 1.82) is 0 Å². The number of carbonyl (C=O) groups is 1. The Morgan fingerprint density at radius 2 is 1.67 bits per heavy atom. The van der Waals surface area contributed by atoms with E-state index in [1.54, 1.807) is 0 Å². The SMILES string of the molecule is [N-]=[N+]=NCCCCCCCC(=O)Nc1ccc(OCc2ccccc2)cc1. The van der Waals surface area contributed by atoms with Crippen LogP contribution in [-0.4, -0.2) is 12.5 Å². The zero-order valence-corrected chi connectivity index (χ0v) is 15.5. The van der Waals surface area contributed by atoms with Crippen molar-refractivity contribution in [3.63, 3.8) is 0 Å². The summed E-state index contributed by atoms with van der Waals surface area (Å²) in [5.41, 5.74) is 10.1. The fourth-order valence-electron chi connectivity index (χ4n) is 2.64. The van der Waals surface area contributed by atoms with Crippen molar-refractivity contribution in [2.24, 2.45) is 5.11 Å². The van der Waals surface area contributed by atoms with E-state index in [1.165, 1.54) is 0 Å². The number of hydrogen-bond donors (Lipinski definition) is 1. The van der Waals surface area contributed by atoms with Gasteiger partial charge in [0.15, 0.2) is 0 Å². The molecule has 0 aliphatic carbocycles. The average molecular weight is 366 g/mol. The van der Waals surface area contributed by atoms with Gasteiger partial charge in [-0.3, -0.25) is 4.79 Å². The molecule has 0 heterocycles. The van der Waals surface area contributed by atoms with Crippen LogP contribution in [-0.2, 0) is 11.4 Å². The Bertz CT molecular complexity index is 726. The molecule has 0 aliphatic rings. The maximum Gasteiger partial charge on any atom is 0.224 e. The van der Waals surface area contributed by atoms with Gasteiger partial charge < -0.3 is 10.1 Å². The molecule has 0 radical (unpaired) electrons. The number of unbranched alkanes of at least 4 members (excludes halogenated alkanes) is 4. The van der Waals surface area contributed by atoms with Gasteiger partial charge in [0.25, 0.3) is 0 Å². The fourth-order valence-corrected chi connectivity index (χ4v) is 2.64. The van der Waals surface area contributed by atoms with Gasteiger partial charge in [0.2, 0.25) is 5.91 Å². The third-order valence-electron chi connectivity index (χ3n) is 4.11. The van der Waals surface area contributed by atoms with Gasteiger partial charge in [-0.2, -0.15) is 0 Å². The van der Waals surface area contributed by atoms with Crippen molar-refractivity contribution >= 4 is 11.6 Å². The van der Waals surface area contributed by atoms with Crippen LogP contribution in [0.1, 0.15) is 44.1 Å². The molecule has 0 saturated carbocycles. The summed E-state index contributed by atoms with van der Waals surface area (Å²) in [5, 5.41) is 6.42. The Labute approximate surface area is 160 Å². The van der Waals surface area contributed by atoms with Crippen LogP contribution in [0, 0.1) is 0 Å². The standard InChI is InChI=1S/C21H26N4O2/c22-25-23-16-8-3-1-2-7-11-21(26)24-19-12-14-20(15-13-19)27-17-18-9-5-4-6-10-18/h4-6,9-10,12-15H,1-3,7-8,11,16-17H2,(H,24,26). The summed E-state index contributed by atoms with van der Waals surface area (Å²) in [5.74, 6) is 0.805. The Kier molecular flexibility index (Phi) is 9.33. The number of hydrogen-bond acceptors (Lipinski definition) is 3. The van der Waals surface area contributed by atoms with E-state index >= 15 is 0 Å². The molecule has 1 N–H and O–H groups in total. The van der Waals surface area contributed by atoms with Crippen LogP contribution in [0.2, 0.25) is 0 Å². The van der Waals surface area contributed by atoms with Gasteiger partial charge in [0.05, 0.1) is 0 Å². The highest BCUT2D eigenvalue weighted by Gasteiger charge is 2.03. The van der Waals surface area contributed by atoms with E-state index in [9.17, 15) is 4.79 Å². The van der Waals surface area contributed by atoms with Crippen molar-refractivity contribution in [1.82, 2.24) is 0 Å². The van der Waals surface area contributed by atoms with Crippen LogP contribution in [0.3, 0.4) is 0 Å². The minimum absolute atomic E-state index is 0.0297. The Morgan fingerprint density at radius 1 is 0.963 bits per heavy atom. The molecule has 0 saturated heterocycles. The number of anilines is 1. The van der Waals surface area contributed by atoms with Gasteiger partial charge in [0.1, 0.15) is 12.4 Å². The van der Waals surface area contributed by atoms with Crippen LogP contribution in [0.4, 0.5) is 5.69 Å². The van der Waals surface area contributed by atoms with Crippen molar-refractivity contribution < 1.29 is 9.53 Å². The van der Waals surface area contributed by atoms with Gasteiger partial charge in [0, 0.05) is 23.6 Å². The molecule has 2 aromatic rings. The Morgan fingerprint density at radius 3 is 2.41 bits per heavy atom. The number of benzene rings is 2. The molecular formula is C21H26N4O2. The van der Waals surface area contributed by atoms with Crippen LogP contribution < -0.4 is 10.1 Å². The van der Waals surface area contributed by atoms with Crippen molar-refractivity contribution in [3.05, 3.63) is 70.6 Å². The van der Waals surface area contributed by atoms with E-state index in [-0.39, 0.29) is 5.91 Å². The number of carbonyl (C=O) groups excluding carboxylic acids is 1. The number of nitrogens with one attached hydrogen (secondary N) is 1. The minimum Gasteiger partial charge on any atom is -0.489 e. The predicted octanol–water partition coefficient (Wildman–Crippen LogP) is 5.86. The molecule has 0 unspecified atom stereocenters. The zero-order chi connectivity index (χ0) is 19.2.